The van der Waals surface area contributed by atoms with Gasteiger partial charge in [-0.3, -0.25) is 0 Å². The summed E-state index contributed by atoms with van der Waals surface area (Å²) in [6, 6.07) is 5.41. The van der Waals surface area contributed by atoms with Gasteiger partial charge >= 0.3 is 0 Å². The van der Waals surface area contributed by atoms with Crippen LogP contribution in [-0.4, -0.2) is 9.97 Å². The Hall–Kier alpha value is -1.17. The molecular formula is C12H12ClN3S2. The molecule has 2 rings (SSSR count). The molecule has 0 spiro atoms. The largest absolute Gasteiger partial charge is 0.389 e. The molecule has 1 aromatic heterocycles. The van der Waals surface area contributed by atoms with Crippen LogP contribution in [0.1, 0.15) is 15.4 Å². The molecule has 0 fully saturated rings. The summed E-state index contributed by atoms with van der Waals surface area (Å²) >= 11 is 12.6. The fourth-order valence-electron chi connectivity index (χ4n) is 1.53. The molecule has 6 heteroatoms. The molecule has 0 saturated heterocycles. The van der Waals surface area contributed by atoms with Crippen LogP contribution in [0.2, 0.25) is 5.02 Å². The average molecular weight is 298 g/mol. The second-order valence-corrected chi connectivity index (χ2v) is 5.97. The third-order valence-electron chi connectivity index (χ3n) is 2.35. The first-order valence-corrected chi connectivity index (χ1v) is 6.91. The van der Waals surface area contributed by atoms with Gasteiger partial charge in [0.15, 0.2) is 0 Å². The van der Waals surface area contributed by atoms with E-state index in [0.717, 1.165) is 16.3 Å². The van der Waals surface area contributed by atoms with Gasteiger partial charge in [-0.05, 0) is 25.1 Å². The summed E-state index contributed by atoms with van der Waals surface area (Å²) in [5.74, 6) is 0. The lowest BCUT2D eigenvalue weighted by Gasteiger charge is -2.10. The highest BCUT2D eigenvalue weighted by molar-refractivity contribution is 7.80. The van der Waals surface area contributed by atoms with Gasteiger partial charge in [-0.15, -0.1) is 11.3 Å². The predicted octanol–water partition coefficient (Wildman–Crippen LogP) is 3.35. The monoisotopic (exact) mass is 297 g/mol. The number of hydrogen-bond acceptors (Lipinski definition) is 4. The summed E-state index contributed by atoms with van der Waals surface area (Å²) in [5.41, 5.74) is 7.30. The Morgan fingerprint density at radius 1 is 1.56 bits per heavy atom. The van der Waals surface area contributed by atoms with E-state index in [1.165, 1.54) is 4.88 Å². The molecule has 0 radical (unpaired) electrons. The smallest absolute Gasteiger partial charge is 0.112 e. The minimum atomic E-state index is 0.351. The first-order chi connectivity index (χ1) is 8.56. The SMILES string of the molecule is Cc1cnc(CNc2cc(Cl)ccc2C(N)=S)s1. The molecule has 18 heavy (non-hydrogen) atoms. The Morgan fingerprint density at radius 3 is 2.94 bits per heavy atom. The third-order valence-corrected chi connectivity index (χ3v) is 3.71. The summed E-state index contributed by atoms with van der Waals surface area (Å²) in [5, 5.41) is 4.92. The van der Waals surface area contributed by atoms with Crippen LogP contribution >= 0.6 is 35.2 Å². The van der Waals surface area contributed by atoms with Crippen LogP contribution in [0.15, 0.2) is 24.4 Å². The van der Waals surface area contributed by atoms with Crippen molar-refractivity contribution in [1.29, 1.82) is 0 Å². The van der Waals surface area contributed by atoms with Crippen LogP contribution in [0.4, 0.5) is 5.69 Å². The van der Waals surface area contributed by atoms with Crippen molar-refractivity contribution in [3.8, 4) is 0 Å². The average Bonchev–Trinajstić information content (AvgIpc) is 2.72. The minimum absolute atomic E-state index is 0.351. The third kappa shape index (κ3) is 3.19. The van der Waals surface area contributed by atoms with Gasteiger partial charge in [-0.25, -0.2) is 4.98 Å². The van der Waals surface area contributed by atoms with Gasteiger partial charge in [0.2, 0.25) is 0 Å². The zero-order valence-corrected chi connectivity index (χ0v) is 12.1. The maximum Gasteiger partial charge on any atom is 0.112 e. The van der Waals surface area contributed by atoms with Crippen molar-refractivity contribution in [1.82, 2.24) is 4.98 Å². The molecule has 3 N–H and O–H groups in total. The van der Waals surface area contributed by atoms with E-state index in [9.17, 15) is 0 Å². The lowest BCUT2D eigenvalue weighted by atomic mass is 10.2. The lowest BCUT2D eigenvalue weighted by molar-refractivity contribution is 1.10. The maximum atomic E-state index is 5.97. The van der Waals surface area contributed by atoms with Crippen molar-refractivity contribution in [3.05, 3.63) is 44.9 Å². The van der Waals surface area contributed by atoms with Gasteiger partial charge in [0.05, 0.1) is 6.54 Å². The first-order valence-electron chi connectivity index (χ1n) is 5.31. The van der Waals surface area contributed by atoms with Crippen molar-refractivity contribution in [2.75, 3.05) is 5.32 Å². The molecule has 0 amide bonds. The first kappa shape index (κ1) is 13.3. The van der Waals surface area contributed by atoms with Crippen molar-refractivity contribution in [3.63, 3.8) is 0 Å². The van der Waals surface area contributed by atoms with Crippen LogP contribution < -0.4 is 11.1 Å². The molecule has 0 bridgehead atoms. The number of rotatable bonds is 4. The number of halogens is 1. The maximum absolute atomic E-state index is 5.97. The van der Waals surface area contributed by atoms with Gasteiger partial charge in [-0.2, -0.15) is 0 Å². The van der Waals surface area contributed by atoms with Crippen molar-refractivity contribution < 1.29 is 0 Å². The van der Waals surface area contributed by atoms with Gasteiger partial charge in [0.1, 0.15) is 10.00 Å². The molecule has 1 aromatic carbocycles. The summed E-state index contributed by atoms with van der Waals surface area (Å²) < 4.78 is 0. The Kier molecular flexibility index (Phi) is 4.16. The van der Waals surface area contributed by atoms with Crippen molar-refractivity contribution >= 4 is 45.8 Å². The number of hydrogen-bond donors (Lipinski definition) is 2. The Bertz CT molecular complexity index is 580. The molecule has 0 aliphatic heterocycles. The fraction of sp³-hybridized carbons (Fsp3) is 0.167. The zero-order valence-electron chi connectivity index (χ0n) is 9.74. The quantitative estimate of drug-likeness (QED) is 0.850. The second kappa shape index (κ2) is 5.65. The van der Waals surface area contributed by atoms with E-state index >= 15 is 0 Å². The molecule has 1 heterocycles. The molecule has 94 valence electrons. The Morgan fingerprint density at radius 2 is 2.33 bits per heavy atom. The van der Waals surface area contributed by atoms with Gasteiger partial charge < -0.3 is 11.1 Å². The summed E-state index contributed by atoms with van der Waals surface area (Å²) in [6.45, 7) is 2.66. The highest BCUT2D eigenvalue weighted by Gasteiger charge is 2.07. The van der Waals surface area contributed by atoms with Crippen LogP contribution in [0, 0.1) is 6.92 Å². The van der Waals surface area contributed by atoms with Crippen LogP contribution in [0.5, 0.6) is 0 Å². The number of thiazole rings is 1. The summed E-state index contributed by atoms with van der Waals surface area (Å²) in [6.07, 6.45) is 1.86. The Labute approximate surface area is 120 Å². The molecule has 0 aliphatic rings. The highest BCUT2D eigenvalue weighted by Crippen LogP contribution is 2.22. The van der Waals surface area contributed by atoms with E-state index in [1.54, 1.807) is 17.4 Å². The molecule has 3 nitrogen and oxygen atoms in total. The standard InChI is InChI=1S/C12H12ClN3S2/c1-7-5-16-11(18-7)6-15-10-4-8(13)2-3-9(10)12(14)17/h2-5,15H,6H2,1H3,(H2,14,17). The van der Waals surface area contributed by atoms with Crippen molar-refractivity contribution in [2.24, 2.45) is 5.73 Å². The van der Waals surface area contributed by atoms with Crippen LogP contribution in [0.25, 0.3) is 0 Å². The van der Waals surface area contributed by atoms with E-state index in [1.807, 2.05) is 25.3 Å². The number of benzene rings is 1. The number of nitrogens with two attached hydrogens (primary N) is 1. The predicted molar refractivity (Wildman–Crippen MR) is 81.5 cm³/mol. The minimum Gasteiger partial charge on any atom is -0.389 e. The number of thiocarbonyl (C=S) groups is 1. The van der Waals surface area contributed by atoms with Crippen molar-refractivity contribution in [2.45, 2.75) is 13.5 Å². The zero-order chi connectivity index (χ0) is 13.1. The second-order valence-electron chi connectivity index (χ2n) is 3.77. The lowest BCUT2D eigenvalue weighted by Crippen LogP contribution is -2.13. The topological polar surface area (TPSA) is 50.9 Å². The molecule has 0 atom stereocenters. The van der Waals surface area contributed by atoms with Crippen LogP contribution in [-0.2, 0) is 6.54 Å². The van der Waals surface area contributed by atoms with Gasteiger partial charge in [-0.1, -0.05) is 23.8 Å². The number of nitrogens with zero attached hydrogens (tertiary/aromatic N) is 1. The molecular weight excluding hydrogens is 286 g/mol. The van der Waals surface area contributed by atoms with Gasteiger partial charge in [0, 0.05) is 27.3 Å². The fourth-order valence-corrected chi connectivity index (χ4v) is 2.61. The Balaban J connectivity index is 2.17. The number of aromatic nitrogens is 1. The van der Waals surface area contributed by atoms with Gasteiger partial charge in [0.25, 0.3) is 0 Å². The van der Waals surface area contributed by atoms with E-state index < -0.39 is 0 Å². The van der Waals surface area contributed by atoms with E-state index in [4.69, 9.17) is 29.6 Å². The molecule has 0 saturated carbocycles. The number of aryl methyl sites for hydroxylation is 1. The number of nitrogens with one attached hydrogen (secondary N) is 1. The van der Waals surface area contributed by atoms with E-state index in [2.05, 4.69) is 10.3 Å². The summed E-state index contributed by atoms with van der Waals surface area (Å²) in [7, 11) is 0. The molecule has 0 unspecified atom stereocenters. The summed E-state index contributed by atoms with van der Waals surface area (Å²) in [4.78, 5) is 5.83. The number of anilines is 1. The highest BCUT2D eigenvalue weighted by atomic mass is 35.5. The van der Waals surface area contributed by atoms with E-state index in [-0.39, 0.29) is 0 Å². The molecule has 0 aliphatic carbocycles. The van der Waals surface area contributed by atoms with E-state index in [0.29, 0.717) is 16.6 Å². The normalized spacial score (nSPS) is 10.3. The van der Waals surface area contributed by atoms with Crippen LogP contribution in [0.3, 0.4) is 0 Å². The molecule has 2 aromatic rings.